The van der Waals surface area contributed by atoms with Gasteiger partial charge in [-0.2, -0.15) is 13.2 Å². The first-order chi connectivity index (χ1) is 12.7. The Morgan fingerprint density at radius 1 is 1.11 bits per heavy atom. The summed E-state index contributed by atoms with van der Waals surface area (Å²) in [6.07, 6.45) is -3.77. The van der Waals surface area contributed by atoms with Crippen molar-refractivity contribution in [1.82, 2.24) is 0 Å². The smallest absolute Gasteiger partial charge is 0.416 e. The zero-order valence-corrected chi connectivity index (χ0v) is 14.8. The molecular weight excluding hydrogens is 359 g/mol. The van der Waals surface area contributed by atoms with Crippen molar-refractivity contribution in [1.29, 1.82) is 0 Å². The molecule has 3 rings (SSSR count). The summed E-state index contributed by atoms with van der Waals surface area (Å²) in [6, 6.07) is 9.76. The SMILES string of the molecule is COC(=O)c1ccc(NC(=O)C2CC2c2ccc(C(F)(F)F)cc2)c(C)c1. The number of hydrogen-bond acceptors (Lipinski definition) is 3. The van der Waals surface area contributed by atoms with Crippen molar-refractivity contribution in [2.24, 2.45) is 5.92 Å². The van der Waals surface area contributed by atoms with E-state index in [0.29, 0.717) is 17.7 Å². The normalized spacial score (nSPS) is 18.7. The molecule has 1 aliphatic carbocycles. The summed E-state index contributed by atoms with van der Waals surface area (Å²) >= 11 is 0. The van der Waals surface area contributed by atoms with Crippen molar-refractivity contribution < 1.29 is 27.5 Å². The average molecular weight is 377 g/mol. The molecule has 2 atom stereocenters. The molecule has 0 aliphatic heterocycles. The molecule has 2 unspecified atom stereocenters. The minimum Gasteiger partial charge on any atom is -0.465 e. The highest BCUT2D eigenvalue weighted by Gasteiger charge is 2.44. The first kappa shape index (κ1) is 18.9. The molecule has 27 heavy (non-hydrogen) atoms. The second-order valence-electron chi connectivity index (χ2n) is 6.58. The van der Waals surface area contributed by atoms with Crippen LogP contribution in [-0.2, 0) is 15.7 Å². The topological polar surface area (TPSA) is 55.4 Å². The van der Waals surface area contributed by atoms with Gasteiger partial charge in [0.2, 0.25) is 5.91 Å². The molecule has 4 nitrogen and oxygen atoms in total. The van der Waals surface area contributed by atoms with Crippen molar-refractivity contribution >= 4 is 17.6 Å². The van der Waals surface area contributed by atoms with E-state index in [4.69, 9.17) is 0 Å². The first-order valence-corrected chi connectivity index (χ1v) is 8.37. The van der Waals surface area contributed by atoms with Gasteiger partial charge in [0.1, 0.15) is 0 Å². The summed E-state index contributed by atoms with van der Waals surface area (Å²) in [6.45, 7) is 1.77. The maximum atomic E-state index is 12.6. The standard InChI is InChI=1S/C20H18F3NO3/c1-11-9-13(19(26)27-2)5-8-17(11)24-18(25)16-10-15(16)12-3-6-14(7-4-12)20(21,22)23/h3-9,15-16H,10H2,1-2H3,(H,24,25). The van der Waals surface area contributed by atoms with Crippen LogP contribution < -0.4 is 5.32 Å². The van der Waals surface area contributed by atoms with Crippen LogP contribution in [0, 0.1) is 12.8 Å². The number of rotatable bonds is 4. The van der Waals surface area contributed by atoms with Gasteiger partial charge >= 0.3 is 12.1 Å². The third kappa shape index (κ3) is 4.13. The molecule has 142 valence electrons. The third-order valence-electron chi connectivity index (χ3n) is 4.70. The zero-order chi connectivity index (χ0) is 19.8. The Hall–Kier alpha value is -2.83. The Morgan fingerprint density at radius 3 is 2.33 bits per heavy atom. The maximum Gasteiger partial charge on any atom is 0.416 e. The van der Waals surface area contributed by atoms with Crippen LogP contribution in [0.2, 0.25) is 0 Å². The molecule has 1 N–H and O–H groups in total. The molecule has 0 radical (unpaired) electrons. The highest BCUT2D eigenvalue weighted by molar-refractivity contribution is 5.97. The summed E-state index contributed by atoms with van der Waals surface area (Å²) < 4.78 is 42.5. The second kappa shape index (κ2) is 7.06. The molecule has 1 fully saturated rings. The molecule has 0 saturated heterocycles. The summed E-state index contributed by atoms with van der Waals surface area (Å²) in [5.74, 6) is -1.00. The molecule has 1 saturated carbocycles. The van der Waals surface area contributed by atoms with Crippen LogP contribution >= 0.6 is 0 Å². The van der Waals surface area contributed by atoms with E-state index in [1.807, 2.05) is 0 Å². The van der Waals surface area contributed by atoms with E-state index in [1.165, 1.54) is 19.2 Å². The van der Waals surface area contributed by atoms with E-state index in [9.17, 15) is 22.8 Å². The quantitative estimate of drug-likeness (QED) is 0.796. The van der Waals surface area contributed by atoms with Crippen LogP contribution in [0.15, 0.2) is 42.5 Å². The number of benzene rings is 2. The van der Waals surface area contributed by atoms with E-state index < -0.39 is 17.7 Å². The monoisotopic (exact) mass is 377 g/mol. The van der Waals surface area contributed by atoms with E-state index in [2.05, 4.69) is 10.1 Å². The lowest BCUT2D eigenvalue weighted by molar-refractivity contribution is -0.137. The number of alkyl halides is 3. The predicted octanol–water partition coefficient (Wildman–Crippen LogP) is 4.54. The number of ether oxygens (including phenoxy) is 1. The van der Waals surface area contributed by atoms with Gasteiger partial charge in [-0.3, -0.25) is 4.79 Å². The van der Waals surface area contributed by atoms with Gasteiger partial charge in [-0.1, -0.05) is 12.1 Å². The van der Waals surface area contributed by atoms with E-state index in [1.54, 1.807) is 25.1 Å². The van der Waals surface area contributed by atoms with E-state index in [0.717, 1.165) is 23.3 Å². The summed E-state index contributed by atoms with van der Waals surface area (Å²) in [5, 5.41) is 2.82. The van der Waals surface area contributed by atoms with Crippen LogP contribution in [0.1, 0.15) is 39.4 Å². The second-order valence-corrected chi connectivity index (χ2v) is 6.58. The van der Waals surface area contributed by atoms with Gasteiger partial charge in [-0.05, 0) is 60.7 Å². The highest BCUT2D eigenvalue weighted by atomic mass is 19.4. The maximum absolute atomic E-state index is 12.6. The van der Waals surface area contributed by atoms with Gasteiger partial charge in [0.25, 0.3) is 0 Å². The van der Waals surface area contributed by atoms with E-state index >= 15 is 0 Å². The number of anilines is 1. The van der Waals surface area contributed by atoms with Gasteiger partial charge in [0.15, 0.2) is 0 Å². The zero-order valence-electron chi connectivity index (χ0n) is 14.8. The van der Waals surface area contributed by atoms with Crippen LogP contribution in [0.25, 0.3) is 0 Å². The molecule has 0 heterocycles. The Kier molecular flexibility index (Phi) is 4.95. The van der Waals surface area contributed by atoms with Crippen molar-refractivity contribution in [3.05, 3.63) is 64.7 Å². The minimum absolute atomic E-state index is 0.0815. The highest BCUT2D eigenvalue weighted by Crippen LogP contribution is 2.48. The number of aryl methyl sites for hydroxylation is 1. The lowest BCUT2D eigenvalue weighted by Gasteiger charge is -2.10. The molecule has 2 aromatic rings. The molecule has 2 aromatic carbocycles. The predicted molar refractivity (Wildman–Crippen MR) is 93.4 cm³/mol. The number of nitrogens with one attached hydrogen (secondary N) is 1. The fraction of sp³-hybridized carbons (Fsp3) is 0.300. The van der Waals surface area contributed by atoms with Crippen LogP contribution in [0.4, 0.5) is 18.9 Å². The van der Waals surface area contributed by atoms with Gasteiger partial charge in [-0.25, -0.2) is 4.79 Å². The molecule has 7 heteroatoms. The van der Waals surface area contributed by atoms with Gasteiger partial charge in [-0.15, -0.1) is 0 Å². The van der Waals surface area contributed by atoms with Gasteiger partial charge in [0.05, 0.1) is 18.2 Å². The Bertz CT molecular complexity index is 875. The van der Waals surface area contributed by atoms with Gasteiger partial charge < -0.3 is 10.1 Å². The largest absolute Gasteiger partial charge is 0.465 e. The number of carbonyl (C=O) groups is 2. The van der Waals surface area contributed by atoms with Crippen LogP contribution in [0.5, 0.6) is 0 Å². The number of halogens is 3. The number of esters is 1. The Morgan fingerprint density at radius 2 is 1.78 bits per heavy atom. The molecule has 0 bridgehead atoms. The lowest BCUT2D eigenvalue weighted by atomic mass is 10.1. The van der Waals surface area contributed by atoms with E-state index in [-0.39, 0.29) is 17.7 Å². The van der Waals surface area contributed by atoms with Gasteiger partial charge in [0, 0.05) is 11.6 Å². The fourth-order valence-electron chi connectivity index (χ4n) is 3.05. The summed E-state index contributed by atoms with van der Waals surface area (Å²) in [5.41, 5.74) is 1.72. The Balaban J connectivity index is 1.64. The molecule has 1 aliphatic rings. The van der Waals surface area contributed by atoms with Crippen molar-refractivity contribution in [3.63, 3.8) is 0 Å². The van der Waals surface area contributed by atoms with Crippen molar-refractivity contribution in [2.75, 3.05) is 12.4 Å². The molecular formula is C20H18F3NO3. The number of methoxy groups -OCH3 is 1. The third-order valence-corrected chi connectivity index (χ3v) is 4.70. The fourth-order valence-corrected chi connectivity index (χ4v) is 3.05. The first-order valence-electron chi connectivity index (χ1n) is 8.37. The summed E-state index contributed by atoms with van der Waals surface area (Å²) in [4.78, 5) is 24.0. The lowest BCUT2D eigenvalue weighted by Crippen LogP contribution is -2.15. The summed E-state index contributed by atoms with van der Waals surface area (Å²) in [7, 11) is 1.29. The molecule has 0 spiro atoms. The average Bonchev–Trinajstić information content (AvgIpc) is 3.43. The number of amides is 1. The minimum atomic E-state index is -4.37. The van der Waals surface area contributed by atoms with Crippen LogP contribution in [-0.4, -0.2) is 19.0 Å². The molecule has 0 aromatic heterocycles. The number of carbonyl (C=O) groups excluding carboxylic acids is 2. The Labute approximate surface area is 154 Å². The van der Waals surface area contributed by atoms with Crippen molar-refractivity contribution in [3.8, 4) is 0 Å². The molecule has 1 amide bonds. The van der Waals surface area contributed by atoms with Crippen LogP contribution in [0.3, 0.4) is 0 Å². The van der Waals surface area contributed by atoms with Crippen molar-refractivity contribution in [2.45, 2.75) is 25.4 Å². The number of hydrogen-bond donors (Lipinski definition) is 1.